The third kappa shape index (κ3) is 4.10. The van der Waals surface area contributed by atoms with Gasteiger partial charge in [-0.15, -0.1) is 0 Å². The molecular formula is C16H18F3NO2. The standard InChI is InChI=1S/C16H18F3NO2/c1-11(7-14(22)20-9-15(10-21)5-6-15)12-3-2-4-13(8-12)16(17,18)19/h2-4,7-8,21H,5-6,9-10H2,1H3,(H,20,22)/b11-7-. The second-order valence-corrected chi connectivity index (χ2v) is 5.78. The summed E-state index contributed by atoms with van der Waals surface area (Å²) in [6.07, 6.45) is -1.37. The number of benzene rings is 1. The number of amides is 1. The van der Waals surface area contributed by atoms with Crippen LogP contribution in [0.15, 0.2) is 30.3 Å². The van der Waals surface area contributed by atoms with E-state index in [0.29, 0.717) is 17.7 Å². The van der Waals surface area contributed by atoms with E-state index in [1.54, 1.807) is 6.92 Å². The van der Waals surface area contributed by atoms with Crippen molar-refractivity contribution in [2.45, 2.75) is 25.9 Å². The molecule has 1 amide bonds. The maximum absolute atomic E-state index is 12.7. The normalized spacial score (nSPS) is 17.2. The van der Waals surface area contributed by atoms with Gasteiger partial charge in [-0.1, -0.05) is 12.1 Å². The van der Waals surface area contributed by atoms with Crippen molar-refractivity contribution in [1.29, 1.82) is 0 Å². The lowest BCUT2D eigenvalue weighted by Gasteiger charge is -2.12. The number of nitrogens with one attached hydrogen (secondary N) is 1. The van der Waals surface area contributed by atoms with E-state index in [1.165, 1.54) is 18.2 Å². The lowest BCUT2D eigenvalue weighted by atomic mass is 10.0. The second kappa shape index (κ2) is 6.12. The van der Waals surface area contributed by atoms with E-state index in [2.05, 4.69) is 5.32 Å². The average molecular weight is 313 g/mol. The summed E-state index contributed by atoms with van der Waals surface area (Å²) in [7, 11) is 0. The summed E-state index contributed by atoms with van der Waals surface area (Å²) in [5, 5.41) is 11.8. The van der Waals surface area contributed by atoms with E-state index in [1.807, 2.05) is 0 Å². The van der Waals surface area contributed by atoms with Crippen LogP contribution in [0.4, 0.5) is 13.2 Å². The van der Waals surface area contributed by atoms with Crippen LogP contribution in [0, 0.1) is 5.41 Å². The van der Waals surface area contributed by atoms with Crippen molar-refractivity contribution in [3.8, 4) is 0 Å². The van der Waals surface area contributed by atoms with Crippen molar-refractivity contribution in [3.63, 3.8) is 0 Å². The molecule has 0 radical (unpaired) electrons. The van der Waals surface area contributed by atoms with Crippen molar-refractivity contribution in [2.75, 3.05) is 13.2 Å². The van der Waals surface area contributed by atoms with Gasteiger partial charge in [0.25, 0.3) is 0 Å². The summed E-state index contributed by atoms with van der Waals surface area (Å²) < 4.78 is 38.0. The summed E-state index contributed by atoms with van der Waals surface area (Å²) in [5.74, 6) is -0.366. The maximum atomic E-state index is 12.7. The Bertz CT molecular complexity index is 589. The molecule has 0 bridgehead atoms. The number of hydrogen-bond acceptors (Lipinski definition) is 2. The molecule has 0 spiro atoms. The molecule has 0 saturated heterocycles. The zero-order valence-corrected chi connectivity index (χ0v) is 12.2. The van der Waals surface area contributed by atoms with Crippen LogP contribution in [0.2, 0.25) is 0 Å². The molecule has 1 aliphatic carbocycles. The van der Waals surface area contributed by atoms with Crippen molar-refractivity contribution >= 4 is 11.5 Å². The summed E-state index contributed by atoms with van der Waals surface area (Å²) in [6.45, 7) is 2.01. The Kier molecular flexibility index (Phi) is 4.60. The maximum Gasteiger partial charge on any atom is 0.416 e. The number of hydrogen-bond donors (Lipinski definition) is 2. The number of allylic oxidation sites excluding steroid dienone is 1. The highest BCUT2D eigenvalue weighted by molar-refractivity contribution is 5.94. The molecule has 0 aliphatic heterocycles. The minimum absolute atomic E-state index is 0.0314. The lowest BCUT2D eigenvalue weighted by Crippen LogP contribution is -2.30. The van der Waals surface area contributed by atoms with Crippen molar-refractivity contribution in [1.82, 2.24) is 5.32 Å². The van der Waals surface area contributed by atoms with Gasteiger partial charge in [0.1, 0.15) is 0 Å². The minimum Gasteiger partial charge on any atom is -0.396 e. The molecule has 0 aromatic heterocycles. The first-order valence-electron chi connectivity index (χ1n) is 7.00. The molecule has 3 nitrogen and oxygen atoms in total. The first kappa shape index (κ1) is 16.5. The Morgan fingerprint density at radius 1 is 1.41 bits per heavy atom. The number of rotatable bonds is 5. The zero-order chi connectivity index (χ0) is 16.4. The molecule has 2 rings (SSSR count). The van der Waals surface area contributed by atoms with Gasteiger partial charge in [-0.25, -0.2) is 0 Å². The fraction of sp³-hybridized carbons (Fsp3) is 0.438. The second-order valence-electron chi connectivity index (χ2n) is 5.78. The van der Waals surface area contributed by atoms with Crippen molar-refractivity contribution in [2.24, 2.45) is 5.41 Å². The van der Waals surface area contributed by atoms with Gasteiger partial charge >= 0.3 is 6.18 Å². The highest BCUT2D eigenvalue weighted by atomic mass is 19.4. The van der Waals surface area contributed by atoms with Crippen LogP contribution in [-0.2, 0) is 11.0 Å². The van der Waals surface area contributed by atoms with E-state index in [0.717, 1.165) is 25.0 Å². The van der Waals surface area contributed by atoms with Crippen LogP contribution in [0.5, 0.6) is 0 Å². The van der Waals surface area contributed by atoms with E-state index >= 15 is 0 Å². The molecule has 1 aromatic rings. The van der Waals surface area contributed by atoms with E-state index in [-0.39, 0.29) is 17.9 Å². The molecule has 6 heteroatoms. The number of carbonyl (C=O) groups is 1. The van der Waals surface area contributed by atoms with Crippen LogP contribution in [0.25, 0.3) is 5.57 Å². The molecule has 1 fully saturated rings. The average Bonchev–Trinajstić information content (AvgIpc) is 3.25. The van der Waals surface area contributed by atoms with Gasteiger partial charge in [-0.2, -0.15) is 13.2 Å². The molecular weight excluding hydrogens is 295 g/mol. The summed E-state index contributed by atoms with van der Waals surface area (Å²) in [4.78, 5) is 11.8. The van der Waals surface area contributed by atoms with Crippen LogP contribution in [0.3, 0.4) is 0 Å². The first-order chi connectivity index (χ1) is 10.3. The van der Waals surface area contributed by atoms with Gasteiger partial charge < -0.3 is 10.4 Å². The van der Waals surface area contributed by atoms with Gasteiger partial charge in [-0.05, 0) is 43.0 Å². The van der Waals surface area contributed by atoms with Crippen LogP contribution >= 0.6 is 0 Å². The summed E-state index contributed by atoms with van der Waals surface area (Å²) in [5.41, 5.74) is -0.130. The quantitative estimate of drug-likeness (QED) is 0.821. The SMILES string of the molecule is C/C(=C/C(=O)NCC1(CO)CC1)c1cccc(C(F)(F)F)c1. The Balaban J connectivity index is 2.03. The molecule has 1 saturated carbocycles. The molecule has 120 valence electrons. The van der Waals surface area contributed by atoms with Gasteiger partial charge in [-0.3, -0.25) is 4.79 Å². The van der Waals surface area contributed by atoms with Gasteiger partial charge in [0.05, 0.1) is 12.2 Å². The highest BCUT2D eigenvalue weighted by Gasteiger charge is 2.41. The Morgan fingerprint density at radius 2 is 2.09 bits per heavy atom. The third-order valence-corrected chi connectivity index (χ3v) is 3.92. The predicted molar refractivity (Wildman–Crippen MR) is 76.9 cm³/mol. The number of aliphatic hydroxyl groups is 1. The molecule has 0 heterocycles. The molecule has 2 N–H and O–H groups in total. The topological polar surface area (TPSA) is 49.3 Å². The zero-order valence-electron chi connectivity index (χ0n) is 12.2. The Labute approximate surface area is 126 Å². The van der Waals surface area contributed by atoms with Gasteiger partial charge in [0.2, 0.25) is 5.91 Å². The van der Waals surface area contributed by atoms with Crippen LogP contribution in [-0.4, -0.2) is 24.2 Å². The molecule has 1 aliphatic rings. The fourth-order valence-corrected chi connectivity index (χ4v) is 2.11. The smallest absolute Gasteiger partial charge is 0.396 e. The van der Waals surface area contributed by atoms with E-state index in [9.17, 15) is 18.0 Å². The third-order valence-electron chi connectivity index (χ3n) is 3.92. The molecule has 0 atom stereocenters. The number of carbonyl (C=O) groups excluding carboxylic acids is 1. The molecule has 22 heavy (non-hydrogen) atoms. The van der Waals surface area contributed by atoms with Gasteiger partial charge in [0, 0.05) is 18.0 Å². The molecule has 0 unspecified atom stereocenters. The number of aliphatic hydroxyl groups excluding tert-OH is 1. The van der Waals surface area contributed by atoms with E-state index < -0.39 is 11.7 Å². The highest BCUT2D eigenvalue weighted by Crippen LogP contribution is 2.44. The number of alkyl halides is 3. The number of halogens is 3. The predicted octanol–water partition coefficient (Wildman–Crippen LogP) is 3.00. The largest absolute Gasteiger partial charge is 0.416 e. The van der Waals surface area contributed by atoms with Gasteiger partial charge in [0.15, 0.2) is 0 Å². The summed E-state index contributed by atoms with van der Waals surface area (Å²) in [6, 6.07) is 4.87. The molecule has 1 aromatic carbocycles. The van der Waals surface area contributed by atoms with Crippen molar-refractivity contribution < 1.29 is 23.1 Å². The minimum atomic E-state index is -4.40. The van der Waals surface area contributed by atoms with E-state index in [4.69, 9.17) is 5.11 Å². The monoisotopic (exact) mass is 313 g/mol. The Hall–Kier alpha value is -1.82. The van der Waals surface area contributed by atoms with Crippen LogP contribution < -0.4 is 5.32 Å². The van der Waals surface area contributed by atoms with Crippen molar-refractivity contribution in [3.05, 3.63) is 41.5 Å². The lowest BCUT2D eigenvalue weighted by molar-refractivity contribution is -0.137. The summed E-state index contributed by atoms with van der Waals surface area (Å²) >= 11 is 0. The Morgan fingerprint density at radius 3 is 2.64 bits per heavy atom. The first-order valence-corrected chi connectivity index (χ1v) is 7.00. The van der Waals surface area contributed by atoms with Crippen LogP contribution in [0.1, 0.15) is 30.9 Å². The fourth-order valence-electron chi connectivity index (χ4n) is 2.11.